The van der Waals surface area contributed by atoms with Crippen molar-refractivity contribution in [3.8, 4) is 0 Å². The predicted molar refractivity (Wildman–Crippen MR) is 110 cm³/mol. The number of halogens is 1. The van der Waals surface area contributed by atoms with Gasteiger partial charge in [0.05, 0.1) is 0 Å². The Bertz CT molecular complexity index is 502. The summed E-state index contributed by atoms with van der Waals surface area (Å²) in [6.45, 7) is 11.7. The van der Waals surface area contributed by atoms with Crippen molar-refractivity contribution in [3.05, 3.63) is 29.8 Å². The quantitative estimate of drug-likeness (QED) is 0.835. The van der Waals surface area contributed by atoms with Crippen LogP contribution in [0.1, 0.15) is 31.7 Å². The first kappa shape index (κ1) is 20.5. The number of anilines is 1. The first-order chi connectivity index (χ1) is 11.8. The topological polar surface area (TPSA) is 21.8 Å². The summed E-state index contributed by atoms with van der Waals surface area (Å²) in [7, 11) is 2.10. The van der Waals surface area contributed by atoms with Crippen molar-refractivity contribution in [2.75, 3.05) is 57.8 Å². The molecule has 2 fully saturated rings. The molecular weight excluding hydrogens is 332 g/mol. The first-order valence-corrected chi connectivity index (χ1v) is 9.75. The predicted octanol–water partition coefficient (Wildman–Crippen LogP) is 2.82. The van der Waals surface area contributed by atoms with E-state index in [1.807, 2.05) is 0 Å². The van der Waals surface area contributed by atoms with Crippen LogP contribution in [-0.2, 0) is 6.54 Å². The van der Waals surface area contributed by atoms with Gasteiger partial charge in [0, 0.05) is 51.0 Å². The van der Waals surface area contributed by atoms with Crippen LogP contribution in [-0.4, -0.2) is 68.7 Å². The molecular formula is C20H35ClN4. The summed E-state index contributed by atoms with van der Waals surface area (Å²) < 4.78 is 0. The third-order valence-corrected chi connectivity index (χ3v) is 5.55. The van der Waals surface area contributed by atoms with Crippen molar-refractivity contribution in [2.45, 2.75) is 38.8 Å². The Kier molecular flexibility index (Phi) is 8.50. The highest BCUT2D eigenvalue weighted by atomic mass is 35.5. The number of para-hydroxylation sites is 1. The molecule has 2 saturated heterocycles. The molecule has 2 aliphatic rings. The molecule has 0 aliphatic carbocycles. The Balaban J connectivity index is 0.00000225. The zero-order valence-electron chi connectivity index (χ0n) is 15.9. The summed E-state index contributed by atoms with van der Waals surface area (Å²) in [6.07, 6.45) is 3.88. The lowest BCUT2D eigenvalue weighted by Crippen LogP contribution is -2.47. The number of rotatable bonds is 6. The highest BCUT2D eigenvalue weighted by molar-refractivity contribution is 5.85. The molecule has 142 valence electrons. The molecule has 0 spiro atoms. The molecule has 1 atom stereocenters. The lowest BCUT2D eigenvalue weighted by atomic mass is 10.0. The monoisotopic (exact) mass is 366 g/mol. The Morgan fingerprint density at radius 3 is 2.52 bits per heavy atom. The fraction of sp³-hybridized carbons (Fsp3) is 0.700. The molecule has 0 saturated carbocycles. The van der Waals surface area contributed by atoms with E-state index in [-0.39, 0.29) is 12.4 Å². The van der Waals surface area contributed by atoms with Crippen LogP contribution in [0.3, 0.4) is 0 Å². The van der Waals surface area contributed by atoms with Crippen LogP contribution >= 0.6 is 12.4 Å². The lowest BCUT2D eigenvalue weighted by Gasteiger charge is -2.38. The van der Waals surface area contributed by atoms with E-state index in [0.717, 1.165) is 19.6 Å². The van der Waals surface area contributed by atoms with Gasteiger partial charge in [0.1, 0.15) is 0 Å². The second kappa shape index (κ2) is 10.4. The second-order valence-corrected chi connectivity index (χ2v) is 7.32. The van der Waals surface area contributed by atoms with Crippen LogP contribution in [0.4, 0.5) is 5.69 Å². The molecule has 1 N–H and O–H groups in total. The fourth-order valence-corrected chi connectivity index (χ4v) is 4.16. The summed E-state index contributed by atoms with van der Waals surface area (Å²) in [5, 5.41) is 3.46. The number of hydrogen-bond donors (Lipinski definition) is 1. The van der Waals surface area contributed by atoms with Gasteiger partial charge in [0.2, 0.25) is 0 Å². The zero-order chi connectivity index (χ0) is 16.8. The average molecular weight is 367 g/mol. The van der Waals surface area contributed by atoms with Crippen LogP contribution in [0.15, 0.2) is 24.3 Å². The number of piperazine rings is 1. The minimum absolute atomic E-state index is 0. The molecule has 1 unspecified atom stereocenters. The van der Waals surface area contributed by atoms with Gasteiger partial charge >= 0.3 is 0 Å². The van der Waals surface area contributed by atoms with E-state index in [1.54, 1.807) is 0 Å². The van der Waals surface area contributed by atoms with Crippen molar-refractivity contribution in [3.63, 3.8) is 0 Å². The van der Waals surface area contributed by atoms with E-state index in [0.29, 0.717) is 6.04 Å². The smallest absolute Gasteiger partial charge is 0.0412 e. The summed E-state index contributed by atoms with van der Waals surface area (Å²) in [4.78, 5) is 7.82. The molecule has 2 aliphatic heterocycles. The molecule has 0 radical (unpaired) electrons. The Labute approximate surface area is 160 Å². The SMILES string of the molecule is CCCN1CCN(c2ccccc2CN2CCCC(NC)C2)CC1.Cl. The van der Waals surface area contributed by atoms with Gasteiger partial charge in [-0.3, -0.25) is 9.80 Å². The molecule has 5 heteroatoms. The van der Waals surface area contributed by atoms with Crippen LogP contribution in [0.5, 0.6) is 0 Å². The van der Waals surface area contributed by atoms with Gasteiger partial charge in [-0.05, 0) is 51.0 Å². The van der Waals surface area contributed by atoms with Crippen molar-refractivity contribution in [2.24, 2.45) is 0 Å². The van der Waals surface area contributed by atoms with Crippen molar-refractivity contribution in [1.82, 2.24) is 15.1 Å². The van der Waals surface area contributed by atoms with Gasteiger partial charge in [-0.1, -0.05) is 25.1 Å². The van der Waals surface area contributed by atoms with Crippen LogP contribution in [0.25, 0.3) is 0 Å². The summed E-state index contributed by atoms with van der Waals surface area (Å²) >= 11 is 0. The highest BCUT2D eigenvalue weighted by Crippen LogP contribution is 2.24. The van der Waals surface area contributed by atoms with Crippen LogP contribution in [0.2, 0.25) is 0 Å². The number of hydrogen-bond acceptors (Lipinski definition) is 4. The maximum atomic E-state index is 3.46. The van der Waals surface area contributed by atoms with Crippen LogP contribution < -0.4 is 10.2 Å². The van der Waals surface area contributed by atoms with Gasteiger partial charge in [-0.2, -0.15) is 0 Å². The second-order valence-electron chi connectivity index (χ2n) is 7.32. The average Bonchev–Trinajstić information content (AvgIpc) is 2.63. The molecule has 2 heterocycles. The molecule has 1 aromatic carbocycles. The number of piperidine rings is 1. The summed E-state index contributed by atoms with van der Waals surface area (Å²) in [5.74, 6) is 0. The highest BCUT2D eigenvalue weighted by Gasteiger charge is 2.22. The van der Waals surface area contributed by atoms with E-state index >= 15 is 0 Å². The molecule has 1 aromatic rings. The number of benzene rings is 1. The van der Waals surface area contributed by atoms with Gasteiger partial charge in [-0.25, -0.2) is 0 Å². The van der Waals surface area contributed by atoms with Crippen molar-refractivity contribution < 1.29 is 0 Å². The van der Waals surface area contributed by atoms with E-state index in [4.69, 9.17) is 0 Å². The number of likely N-dealkylation sites (tertiary alicyclic amines) is 1. The number of nitrogens with one attached hydrogen (secondary N) is 1. The third-order valence-electron chi connectivity index (χ3n) is 5.55. The minimum Gasteiger partial charge on any atom is -0.369 e. The van der Waals surface area contributed by atoms with Crippen molar-refractivity contribution >= 4 is 18.1 Å². The standard InChI is InChI=1S/C20H34N4.ClH/c1-3-10-22-12-14-24(15-13-22)20-9-5-4-7-18(20)16-23-11-6-8-19(17-23)21-2;/h4-5,7,9,19,21H,3,6,8,10-17H2,1-2H3;1H. The van der Waals surface area contributed by atoms with E-state index in [1.165, 1.54) is 63.2 Å². The molecule has 0 amide bonds. The van der Waals surface area contributed by atoms with Gasteiger partial charge in [-0.15, -0.1) is 12.4 Å². The maximum absolute atomic E-state index is 3.46. The number of likely N-dealkylation sites (N-methyl/N-ethyl adjacent to an activating group) is 1. The zero-order valence-corrected chi connectivity index (χ0v) is 16.7. The van der Waals surface area contributed by atoms with Gasteiger partial charge in [0.15, 0.2) is 0 Å². The molecule has 0 aromatic heterocycles. The molecule has 25 heavy (non-hydrogen) atoms. The minimum atomic E-state index is 0. The van der Waals surface area contributed by atoms with E-state index < -0.39 is 0 Å². The van der Waals surface area contributed by atoms with Crippen molar-refractivity contribution in [1.29, 1.82) is 0 Å². The maximum Gasteiger partial charge on any atom is 0.0412 e. The number of nitrogens with zero attached hydrogens (tertiary/aromatic N) is 3. The van der Waals surface area contributed by atoms with Gasteiger partial charge in [0.25, 0.3) is 0 Å². The Morgan fingerprint density at radius 1 is 1.04 bits per heavy atom. The van der Waals surface area contributed by atoms with Gasteiger partial charge < -0.3 is 10.2 Å². The lowest BCUT2D eigenvalue weighted by molar-refractivity contribution is 0.188. The Morgan fingerprint density at radius 2 is 1.80 bits per heavy atom. The normalized spacial score (nSPS) is 22.6. The fourth-order valence-electron chi connectivity index (χ4n) is 4.16. The van der Waals surface area contributed by atoms with E-state index in [2.05, 4.69) is 58.3 Å². The first-order valence-electron chi connectivity index (χ1n) is 9.75. The largest absolute Gasteiger partial charge is 0.369 e. The van der Waals surface area contributed by atoms with E-state index in [9.17, 15) is 0 Å². The molecule has 4 nitrogen and oxygen atoms in total. The Hall–Kier alpha value is -0.810. The van der Waals surface area contributed by atoms with Crippen LogP contribution in [0, 0.1) is 0 Å². The third kappa shape index (κ3) is 5.58. The summed E-state index contributed by atoms with van der Waals surface area (Å²) in [6, 6.07) is 9.71. The molecule has 0 bridgehead atoms. The molecule has 3 rings (SSSR count). The summed E-state index contributed by atoms with van der Waals surface area (Å²) in [5.41, 5.74) is 2.96.